The third-order valence-electron chi connectivity index (χ3n) is 9.29. The Labute approximate surface area is 222 Å². The molecule has 0 unspecified atom stereocenters. The van der Waals surface area contributed by atoms with Crippen LogP contribution < -0.4 is 0 Å². The molecule has 0 N–H and O–H groups in total. The van der Waals surface area contributed by atoms with Crippen LogP contribution in [0.4, 0.5) is 4.79 Å². The zero-order chi connectivity index (χ0) is 26.1. The molecule has 2 heterocycles. The Morgan fingerprint density at radius 2 is 1.65 bits per heavy atom. The molecule has 194 valence electrons. The molecule has 1 aliphatic heterocycles. The normalized spacial score (nSPS) is 30.4. The lowest BCUT2D eigenvalue weighted by molar-refractivity contribution is -0.148. The van der Waals surface area contributed by atoms with Crippen molar-refractivity contribution in [3.8, 4) is 5.69 Å². The van der Waals surface area contributed by atoms with E-state index in [0.29, 0.717) is 10.3 Å². The molecule has 2 aromatic rings. The van der Waals surface area contributed by atoms with Gasteiger partial charge in [0.05, 0.1) is 12.0 Å². The fourth-order valence-corrected chi connectivity index (χ4v) is 8.89. The first-order valence-electron chi connectivity index (χ1n) is 13.3. The highest BCUT2D eigenvalue weighted by Gasteiger charge is 2.51. The number of imide groups is 1. The van der Waals surface area contributed by atoms with Gasteiger partial charge in [0.1, 0.15) is 6.04 Å². The molecule has 4 bridgehead atoms. The van der Waals surface area contributed by atoms with E-state index in [-0.39, 0.29) is 0 Å². The van der Waals surface area contributed by atoms with Gasteiger partial charge < -0.3 is 9.30 Å². The third-order valence-corrected chi connectivity index (χ3v) is 10.2. The molecule has 4 aliphatic carbocycles. The standard InChI is InChI=1S/C30H34N2O4S/c1-17-9-23(13-26-27(33)32(29(35)37-26)19(3)28(34)36-4)18(2)31(17)25-7-5-24(6-8-25)30-14-20-10-21(15-30)12-22(11-20)16-30/h5-9,13,19-22H,10-12,14-16H2,1-4H3/b26-13+/t19-,20?,21?,22?,30?/m1/s1. The van der Waals surface area contributed by atoms with E-state index < -0.39 is 23.2 Å². The van der Waals surface area contributed by atoms with Crippen LogP contribution in [0.15, 0.2) is 35.2 Å². The van der Waals surface area contributed by atoms with E-state index in [9.17, 15) is 14.4 Å². The van der Waals surface area contributed by atoms with Crippen LogP contribution in [0.1, 0.15) is 68.0 Å². The van der Waals surface area contributed by atoms with Crippen LogP contribution in [-0.2, 0) is 19.7 Å². The summed E-state index contributed by atoms with van der Waals surface area (Å²) in [5.41, 5.74) is 5.95. The maximum Gasteiger partial charge on any atom is 0.328 e. The first-order chi connectivity index (χ1) is 17.7. The summed E-state index contributed by atoms with van der Waals surface area (Å²) in [6.45, 7) is 5.60. The van der Waals surface area contributed by atoms with Crippen molar-refractivity contribution in [3.63, 3.8) is 0 Å². The number of amides is 2. The molecule has 0 radical (unpaired) electrons. The predicted octanol–water partition coefficient (Wildman–Crippen LogP) is 6.16. The average Bonchev–Trinajstić information content (AvgIpc) is 3.30. The number of carbonyl (C=O) groups excluding carboxylic acids is 3. The van der Waals surface area contributed by atoms with E-state index in [1.54, 1.807) is 6.08 Å². The molecule has 7 rings (SSSR count). The van der Waals surface area contributed by atoms with Crippen molar-refractivity contribution in [2.24, 2.45) is 17.8 Å². The summed E-state index contributed by atoms with van der Waals surface area (Å²) in [7, 11) is 1.25. The van der Waals surface area contributed by atoms with Gasteiger partial charge in [-0.05, 0) is 130 Å². The number of aromatic nitrogens is 1. The molecular weight excluding hydrogens is 484 g/mol. The molecule has 0 spiro atoms. The molecule has 7 heteroatoms. The van der Waals surface area contributed by atoms with Crippen LogP contribution in [0.5, 0.6) is 0 Å². The Balaban J connectivity index is 1.26. The van der Waals surface area contributed by atoms with Crippen molar-refractivity contribution in [2.45, 2.75) is 70.8 Å². The molecule has 5 aliphatic rings. The molecule has 4 saturated carbocycles. The number of carbonyl (C=O) groups is 3. The predicted molar refractivity (Wildman–Crippen MR) is 144 cm³/mol. The third kappa shape index (κ3) is 3.97. The van der Waals surface area contributed by atoms with Crippen molar-refractivity contribution in [1.29, 1.82) is 0 Å². The smallest absolute Gasteiger partial charge is 0.328 e. The summed E-state index contributed by atoms with van der Waals surface area (Å²) < 4.78 is 6.93. The number of hydrogen-bond acceptors (Lipinski definition) is 5. The van der Waals surface area contributed by atoms with Gasteiger partial charge in [0.25, 0.3) is 11.1 Å². The van der Waals surface area contributed by atoms with Crippen LogP contribution in [0.2, 0.25) is 0 Å². The maximum absolute atomic E-state index is 13.0. The maximum atomic E-state index is 13.0. The van der Waals surface area contributed by atoms with Crippen LogP contribution in [0.25, 0.3) is 11.8 Å². The summed E-state index contributed by atoms with van der Waals surface area (Å²) >= 11 is 0.863. The second kappa shape index (κ2) is 8.90. The highest BCUT2D eigenvalue weighted by Crippen LogP contribution is 2.60. The monoisotopic (exact) mass is 518 g/mol. The highest BCUT2D eigenvalue weighted by molar-refractivity contribution is 8.18. The SMILES string of the molecule is COC(=O)[C@@H](C)N1C(=O)S/C(=C/c2cc(C)n(-c3ccc(C45CC6CC(CC(C6)C4)C5)cc3)c2C)C1=O. The number of rotatable bonds is 5. The molecular formula is C30H34N2O4S. The van der Waals surface area contributed by atoms with Crippen molar-refractivity contribution >= 4 is 35.0 Å². The van der Waals surface area contributed by atoms with Crippen molar-refractivity contribution in [3.05, 3.63) is 57.8 Å². The van der Waals surface area contributed by atoms with E-state index in [1.165, 1.54) is 58.1 Å². The first kappa shape index (κ1) is 24.5. The van der Waals surface area contributed by atoms with Gasteiger partial charge in [0.15, 0.2) is 0 Å². The van der Waals surface area contributed by atoms with E-state index in [4.69, 9.17) is 4.74 Å². The minimum atomic E-state index is -0.955. The molecule has 2 amide bonds. The summed E-state index contributed by atoms with van der Waals surface area (Å²) in [5.74, 6) is 1.69. The minimum absolute atomic E-state index is 0.318. The Hall–Kier alpha value is -2.80. The van der Waals surface area contributed by atoms with Gasteiger partial charge in [-0.1, -0.05) is 12.1 Å². The largest absolute Gasteiger partial charge is 0.467 e. The number of aryl methyl sites for hydroxylation is 1. The summed E-state index contributed by atoms with van der Waals surface area (Å²) in [5, 5.41) is -0.455. The molecule has 37 heavy (non-hydrogen) atoms. The second-order valence-corrected chi connectivity index (χ2v) is 12.7. The Bertz CT molecular complexity index is 1290. The minimum Gasteiger partial charge on any atom is -0.467 e. The number of benzene rings is 1. The lowest BCUT2D eigenvalue weighted by Crippen LogP contribution is -2.48. The van der Waals surface area contributed by atoms with Gasteiger partial charge in [-0.15, -0.1) is 0 Å². The topological polar surface area (TPSA) is 68.6 Å². The first-order valence-corrected chi connectivity index (χ1v) is 14.2. The fraction of sp³-hybridized carbons (Fsp3) is 0.500. The zero-order valence-corrected chi connectivity index (χ0v) is 22.8. The van der Waals surface area contributed by atoms with Gasteiger partial charge in [0, 0.05) is 17.1 Å². The van der Waals surface area contributed by atoms with E-state index in [0.717, 1.165) is 57.1 Å². The Kier molecular flexibility index (Phi) is 5.90. The number of hydrogen-bond donors (Lipinski definition) is 0. The quantitative estimate of drug-likeness (QED) is 0.350. The van der Waals surface area contributed by atoms with Crippen molar-refractivity contribution in [1.82, 2.24) is 9.47 Å². The molecule has 1 saturated heterocycles. The van der Waals surface area contributed by atoms with E-state index >= 15 is 0 Å². The average molecular weight is 519 g/mol. The van der Waals surface area contributed by atoms with Gasteiger partial charge in [-0.3, -0.25) is 14.5 Å². The summed E-state index contributed by atoms with van der Waals surface area (Å²) in [4.78, 5) is 38.7. The molecule has 5 fully saturated rings. The van der Waals surface area contributed by atoms with Gasteiger partial charge in [-0.25, -0.2) is 4.79 Å². The van der Waals surface area contributed by atoms with Crippen LogP contribution in [0.3, 0.4) is 0 Å². The Morgan fingerprint density at radius 1 is 1.05 bits per heavy atom. The lowest BCUT2D eigenvalue weighted by atomic mass is 9.48. The van der Waals surface area contributed by atoms with E-state index in [1.807, 2.05) is 13.0 Å². The van der Waals surface area contributed by atoms with E-state index in [2.05, 4.69) is 35.8 Å². The molecule has 1 aromatic carbocycles. The van der Waals surface area contributed by atoms with Crippen LogP contribution in [-0.4, -0.2) is 39.7 Å². The van der Waals surface area contributed by atoms with Crippen LogP contribution >= 0.6 is 11.8 Å². The number of ether oxygens (including phenoxy) is 1. The molecule has 6 nitrogen and oxygen atoms in total. The van der Waals surface area contributed by atoms with Crippen molar-refractivity contribution < 1.29 is 19.1 Å². The highest BCUT2D eigenvalue weighted by atomic mass is 32.2. The molecule has 1 atom stereocenters. The number of methoxy groups -OCH3 is 1. The second-order valence-electron chi connectivity index (χ2n) is 11.7. The lowest BCUT2D eigenvalue weighted by Gasteiger charge is -2.57. The van der Waals surface area contributed by atoms with Gasteiger partial charge in [-0.2, -0.15) is 0 Å². The van der Waals surface area contributed by atoms with Gasteiger partial charge >= 0.3 is 5.97 Å². The van der Waals surface area contributed by atoms with Crippen molar-refractivity contribution in [2.75, 3.05) is 7.11 Å². The van der Waals surface area contributed by atoms with Gasteiger partial charge in [0.2, 0.25) is 0 Å². The Morgan fingerprint density at radius 3 is 2.22 bits per heavy atom. The number of nitrogens with zero attached hydrogens (tertiary/aromatic N) is 2. The fourth-order valence-electron chi connectivity index (χ4n) is 7.99. The summed E-state index contributed by atoms with van der Waals surface area (Å²) in [6, 6.07) is 10.3. The number of thioether (sulfide) groups is 1. The number of esters is 1. The zero-order valence-electron chi connectivity index (χ0n) is 22.0. The summed E-state index contributed by atoms with van der Waals surface area (Å²) in [6.07, 6.45) is 10.2. The van der Waals surface area contributed by atoms with Crippen LogP contribution in [0, 0.1) is 31.6 Å². The molecule has 1 aromatic heterocycles.